The third kappa shape index (κ3) is 2.72. The first-order chi connectivity index (χ1) is 11.7. The first-order valence-electron chi connectivity index (χ1n) is 7.41. The minimum absolute atomic E-state index is 0.349. The van der Waals surface area contributed by atoms with Crippen molar-refractivity contribution in [2.45, 2.75) is 5.92 Å². The van der Waals surface area contributed by atoms with Crippen molar-refractivity contribution in [3.05, 3.63) is 82.5 Å². The van der Waals surface area contributed by atoms with Gasteiger partial charge in [0.25, 0.3) is 0 Å². The van der Waals surface area contributed by atoms with Gasteiger partial charge in [-0.3, -0.25) is 4.79 Å². The van der Waals surface area contributed by atoms with Crippen molar-refractivity contribution in [1.29, 1.82) is 0 Å². The summed E-state index contributed by atoms with van der Waals surface area (Å²) in [5.74, 6) is 0.539. The van der Waals surface area contributed by atoms with Gasteiger partial charge in [0, 0.05) is 16.7 Å². The average molecular weight is 338 g/mol. The van der Waals surface area contributed by atoms with Crippen LogP contribution in [0.15, 0.2) is 59.1 Å². The topological polar surface area (TPSA) is 52.3 Å². The number of fused-ring (bicyclic) bond motifs is 1. The maximum Gasteiger partial charge on any atom is 0.326 e. The summed E-state index contributed by atoms with van der Waals surface area (Å²) in [4.78, 5) is 16.3. The van der Waals surface area contributed by atoms with Gasteiger partial charge in [-0.1, -0.05) is 41.9 Å². The summed E-state index contributed by atoms with van der Waals surface area (Å²) in [6.45, 7) is 0. The summed E-state index contributed by atoms with van der Waals surface area (Å²) in [5.41, 5.74) is 1.73. The standard InChI is InChI=1S/C19H12ClNO3/c20-13-5-3-4-12(10-13)8-9-17-21-11-16(23-17)18-14-6-1-2-7-15(14)24-19(18)22/h1-11,18H/b9-8+. The molecule has 1 atom stereocenters. The van der Waals surface area contributed by atoms with Crippen molar-refractivity contribution < 1.29 is 13.9 Å². The zero-order chi connectivity index (χ0) is 16.5. The molecule has 0 N–H and O–H groups in total. The molecular weight excluding hydrogens is 326 g/mol. The summed E-state index contributed by atoms with van der Waals surface area (Å²) < 4.78 is 11.0. The SMILES string of the molecule is O=C1Oc2ccccc2C1c1cnc(/C=C/c2cccc(Cl)c2)o1. The number of rotatable bonds is 3. The maximum absolute atomic E-state index is 12.1. The molecule has 3 aromatic rings. The van der Waals surface area contributed by atoms with Crippen LogP contribution >= 0.6 is 11.6 Å². The summed E-state index contributed by atoms with van der Waals surface area (Å²) in [6.07, 6.45) is 5.15. The van der Waals surface area contributed by atoms with Gasteiger partial charge in [-0.2, -0.15) is 0 Å². The molecular formula is C19H12ClNO3. The Morgan fingerprint density at radius 3 is 2.83 bits per heavy atom. The van der Waals surface area contributed by atoms with Crippen LogP contribution in [0.4, 0.5) is 0 Å². The molecule has 1 unspecified atom stereocenters. The molecule has 1 aliphatic heterocycles. The van der Waals surface area contributed by atoms with E-state index in [0.717, 1.165) is 11.1 Å². The Morgan fingerprint density at radius 1 is 1.08 bits per heavy atom. The summed E-state index contributed by atoms with van der Waals surface area (Å²) >= 11 is 5.96. The van der Waals surface area contributed by atoms with Crippen LogP contribution in [0, 0.1) is 0 Å². The van der Waals surface area contributed by atoms with Crippen LogP contribution in [-0.2, 0) is 4.79 Å². The molecule has 5 heteroatoms. The lowest BCUT2D eigenvalue weighted by Gasteiger charge is -2.01. The van der Waals surface area contributed by atoms with Gasteiger partial charge in [-0.05, 0) is 29.8 Å². The molecule has 118 valence electrons. The Balaban J connectivity index is 1.60. The van der Waals surface area contributed by atoms with Gasteiger partial charge in [0.2, 0.25) is 5.89 Å². The number of carbonyl (C=O) groups is 1. The lowest BCUT2D eigenvalue weighted by molar-refractivity contribution is -0.133. The van der Waals surface area contributed by atoms with Crippen molar-refractivity contribution in [3.63, 3.8) is 0 Å². The number of aromatic nitrogens is 1. The van der Waals surface area contributed by atoms with E-state index in [1.165, 1.54) is 0 Å². The molecule has 0 amide bonds. The largest absolute Gasteiger partial charge is 0.441 e. The first kappa shape index (κ1) is 14.7. The van der Waals surface area contributed by atoms with E-state index in [2.05, 4.69) is 4.98 Å². The molecule has 2 aromatic carbocycles. The number of hydrogen-bond acceptors (Lipinski definition) is 4. The Hall–Kier alpha value is -2.85. The van der Waals surface area contributed by atoms with Crippen molar-refractivity contribution in [3.8, 4) is 5.75 Å². The third-order valence-corrected chi connectivity index (χ3v) is 4.00. The number of nitrogens with zero attached hydrogens (tertiary/aromatic N) is 1. The minimum atomic E-state index is -0.568. The fraction of sp³-hybridized carbons (Fsp3) is 0.0526. The quantitative estimate of drug-likeness (QED) is 0.519. The monoisotopic (exact) mass is 337 g/mol. The molecule has 0 fully saturated rings. The fourth-order valence-electron chi connectivity index (χ4n) is 2.66. The number of oxazole rings is 1. The van der Waals surface area contributed by atoms with Crippen LogP contribution in [0.3, 0.4) is 0 Å². The Bertz CT molecular complexity index is 945. The number of hydrogen-bond donors (Lipinski definition) is 0. The van der Waals surface area contributed by atoms with Crippen LogP contribution in [0.25, 0.3) is 12.2 Å². The number of halogens is 1. The Labute approximate surface area is 143 Å². The summed E-state index contributed by atoms with van der Waals surface area (Å²) in [5, 5.41) is 0.663. The van der Waals surface area contributed by atoms with Crippen LogP contribution in [0.5, 0.6) is 5.75 Å². The normalized spacial score (nSPS) is 16.4. The van der Waals surface area contributed by atoms with Crippen LogP contribution in [0.2, 0.25) is 5.02 Å². The zero-order valence-electron chi connectivity index (χ0n) is 12.5. The van der Waals surface area contributed by atoms with Gasteiger partial charge in [-0.25, -0.2) is 4.98 Å². The van der Waals surface area contributed by atoms with E-state index in [-0.39, 0.29) is 5.97 Å². The Kier molecular flexibility index (Phi) is 3.67. The molecule has 24 heavy (non-hydrogen) atoms. The predicted molar refractivity (Wildman–Crippen MR) is 90.8 cm³/mol. The lowest BCUT2D eigenvalue weighted by Crippen LogP contribution is -2.10. The second kappa shape index (κ2) is 5.98. The third-order valence-electron chi connectivity index (χ3n) is 3.77. The van der Waals surface area contributed by atoms with Crippen LogP contribution < -0.4 is 4.74 Å². The molecule has 1 aliphatic rings. The van der Waals surface area contributed by atoms with Gasteiger partial charge >= 0.3 is 5.97 Å². The van der Waals surface area contributed by atoms with E-state index in [1.54, 1.807) is 18.3 Å². The summed E-state index contributed by atoms with van der Waals surface area (Å²) in [6, 6.07) is 14.8. The number of benzene rings is 2. The molecule has 1 aromatic heterocycles. The van der Waals surface area contributed by atoms with Gasteiger partial charge < -0.3 is 9.15 Å². The van der Waals surface area contributed by atoms with Gasteiger partial charge in [0.15, 0.2) is 0 Å². The fourth-order valence-corrected chi connectivity index (χ4v) is 2.86. The van der Waals surface area contributed by atoms with Crippen molar-refractivity contribution in [2.75, 3.05) is 0 Å². The van der Waals surface area contributed by atoms with Crippen molar-refractivity contribution in [2.24, 2.45) is 0 Å². The van der Waals surface area contributed by atoms with Gasteiger partial charge in [0.05, 0.1) is 6.20 Å². The molecule has 0 radical (unpaired) electrons. The highest BCUT2D eigenvalue weighted by atomic mass is 35.5. The average Bonchev–Trinajstić information content (AvgIpc) is 3.16. The Morgan fingerprint density at radius 2 is 1.96 bits per heavy atom. The first-order valence-corrected chi connectivity index (χ1v) is 7.78. The molecule has 0 aliphatic carbocycles. The number of esters is 1. The van der Waals surface area contributed by atoms with Crippen molar-refractivity contribution in [1.82, 2.24) is 4.98 Å². The van der Waals surface area contributed by atoms with Gasteiger partial charge in [0.1, 0.15) is 17.4 Å². The highest BCUT2D eigenvalue weighted by Crippen LogP contribution is 2.39. The van der Waals surface area contributed by atoms with Gasteiger partial charge in [-0.15, -0.1) is 0 Å². The highest BCUT2D eigenvalue weighted by molar-refractivity contribution is 6.30. The second-order valence-electron chi connectivity index (χ2n) is 5.38. The van der Waals surface area contributed by atoms with Crippen molar-refractivity contribution >= 4 is 29.7 Å². The van der Waals surface area contributed by atoms with E-state index < -0.39 is 5.92 Å². The smallest absolute Gasteiger partial charge is 0.326 e. The lowest BCUT2D eigenvalue weighted by atomic mass is 9.99. The van der Waals surface area contributed by atoms with Crippen LogP contribution in [-0.4, -0.2) is 11.0 Å². The van der Waals surface area contributed by atoms with E-state index in [4.69, 9.17) is 20.8 Å². The van der Waals surface area contributed by atoms with Crippen LogP contribution in [0.1, 0.15) is 28.7 Å². The summed E-state index contributed by atoms with van der Waals surface area (Å²) in [7, 11) is 0. The molecule has 0 saturated heterocycles. The minimum Gasteiger partial charge on any atom is -0.441 e. The molecule has 2 heterocycles. The number of ether oxygens (including phenoxy) is 1. The van der Waals surface area contributed by atoms with E-state index >= 15 is 0 Å². The highest BCUT2D eigenvalue weighted by Gasteiger charge is 2.36. The molecule has 0 saturated carbocycles. The molecule has 4 rings (SSSR count). The maximum atomic E-state index is 12.1. The molecule has 0 spiro atoms. The molecule has 4 nitrogen and oxygen atoms in total. The predicted octanol–water partition coefficient (Wildman–Crippen LogP) is 4.55. The molecule has 0 bridgehead atoms. The number of para-hydroxylation sites is 1. The van der Waals surface area contributed by atoms with E-state index in [9.17, 15) is 4.79 Å². The zero-order valence-corrected chi connectivity index (χ0v) is 13.2. The second-order valence-corrected chi connectivity index (χ2v) is 5.82. The van der Waals surface area contributed by atoms with E-state index in [1.807, 2.05) is 48.5 Å². The van der Waals surface area contributed by atoms with E-state index in [0.29, 0.717) is 22.4 Å². The number of carbonyl (C=O) groups excluding carboxylic acids is 1.